The van der Waals surface area contributed by atoms with Gasteiger partial charge < -0.3 is 5.73 Å². The molecular formula is C14H19ClFN. The highest BCUT2D eigenvalue weighted by Gasteiger charge is 2.35. The lowest BCUT2D eigenvalue weighted by molar-refractivity contribution is 0.400. The van der Waals surface area contributed by atoms with Gasteiger partial charge in [0.05, 0.1) is 0 Å². The van der Waals surface area contributed by atoms with E-state index in [4.69, 9.17) is 17.3 Å². The summed E-state index contributed by atoms with van der Waals surface area (Å²) in [4.78, 5) is 0. The first-order chi connectivity index (χ1) is 8.04. The minimum atomic E-state index is -0.271. The fourth-order valence-corrected chi connectivity index (χ4v) is 3.06. The first-order valence-electron chi connectivity index (χ1n) is 6.26. The Labute approximate surface area is 107 Å². The number of hydrogen-bond donors (Lipinski definition) is 1. The van der Waals surface area contributed by atoms with E-state index >= 15 is 0 Å². The molecule has 0 bridgehead atoms. The molecule has 2 rings (SSSR count). The van der Waals surface area contributed by atoms with Crippen LogP contribution < -0.4 is 5.73 Å². The van der Waals surface area contributed by atoms with E-state index in [0.717, 1.165) is 25.7 Å². The summed E-state index contributed by atoms with van der Waals surface area (Å²) in [5, 5.41) is 0.495. The van der Waals surface area contributed by atoms with Gasteiger partial charge in [0, 0.05) is 16.1 Å². The largest absolute Gasteiger partial charge is 0.325 e. The van der Waals surface area contributed by atoms with Crippen molar-refractivity contribution < 1.29 is 4.39 Å². The highest BCUT2D eigenvalue weighted by molar-refractivity contribution is 6.31. The highest BCUT2D eigenvalue weighted by Crippen LogP contribution is 2.38. The summed E-state index contributed by atoms with van der Waals surface area (Å²) in [6.07, 6.45) is 4.81. The Balaban J connectivity index is 2.16. The third-order valence-electron chi connectivity index (χ3n) is 3.91. The van der Waals surface area contributed by atoms with Crippen LogP contribution in [0.1, 0.15) is 38.2 Å². The van der Waals surface area contributed by atoms with Crippen molar-refractivity contribution in [2.45, 2.75) is 44.6 Å². The molecule has 0 amide bonds. The van der Waals surface area contributed by atoms with Gasteiger partial charge in [0.2, 0.25) is 0 Å². The van der Waals surface area contributed by atoms with Crippen molar-refractivity contribution in [2.75, 3.05) is 0 Å². The molecule has 1 aliphatic rings. The molecule has 2 unspecified atom stereocenters. The van der Waals surface area contributed by atoms with Gasteiger partial charge in [0.1, 0.15) is 5.82 Å². The van der Waals surface area contributed by atoms with E-state index in [1.54, 1.807) is 12.1 Å². The number of hydrogen-bond acceptors (Lipinski definition) is 1. The summed E-state index contributed by atoms with van der Waals surface area (Å²) >= 11 is 6.04. The minimum Gasteiger partial charge on any atom is -0.325 e. The summed E-state index contributed by atoms with van der Waals surface area (Å²) in [5.74, 6) is 0.452. The average Bonchev–Trinajstić information content (AvgIpc) is 2.66. The Morgan fingerprint density at radius 2 is 2.29 bits per heavy atom. The fourth-order valence-electron chi connectivity index (χ4n) is 2.83. The van der Waals surface area contributed by atoms with Crippen LogP contribution >= 0.6 is 11.6 Å². The number of nitrogens with two attached hydrogens (primary N) is 1. The van der Waals surface area contributed by atoms with E-state index in [-0.39, 0.29) is 11.4 Å². The van der Waals surface area contributed by atoms with Gasteiger partial charge in [-0.25, -0.2) is 4.39 Å². The molecule has 0 aliphatic heterocycles. The molecule has 0 heterocycles. The number of rotatable bonds is 3. The van der Waals surface area contributed by atoms with Gasteiger partial charge in [0.15, 0.2) is 0 Å². The van der Waals surface area contributed by atoms with E-state index in [1.807, 2.05) is 0 Å². The Bertz CT molecular complexity index is 387. The van der Waals surface area contributed by atoms with Crippen LogP contribution in [0.2, 0.25) is 5.02 Å². The zero-order chi connectivity index (χ0) is 12.5. The molecule has 3 heteroatoms. The molecule has 0 aromatic heterocycles. The number of halogens is 2. The van der Waals surface area contributed by atoms with Crippen LogP contribution in [-0.4, -0.2) is 5.54 Å². The monoisotopic (exact) mass is 255 g/mol. The zero-order valence-corrected chi connectivity index (χ0v) is 10.9. The van der Waals surface area contributed by atoms with Gasteiger partial charge in [0.25, 0.3) is 0 Å². The van der Waals surface area contributed by atoms with Crippen LogP contribution in [0.5, 0.6) is 0 Å². The van der Waals surface area contributed by atoms with E-state index in [0.29, 0.717) is 22.9 Å². The molecule has 94 valence electrons. The molecule has 1 nitrogen and oxygen atoms in total. The van der Waals surface area contributed by atoms with Crippen molar-refractivity contribution in [1.82, 2.24) is 0 Å². The lowest BCUT2D eigenvalue weighted by Gasteiger charge is -2.25. The summed E-state index contributed by atoms with van der Waals surface area (Å²) in [6, 6.07) is 4.82. The number of benzene rings is 1. The molecule has 0 saturated heterocycles. The van der Waals surface area contributed by atoms with Crippen molar-refractivity contribution in [1.29, 1.82) is 0 Å². The first kappa shape index (κ1) is 12.8. The fraction of sp³-hybridized carbons (Fsp3) is 0.571. The Hall–Kier alpha value is -0.600. The van der Waals surface area contributed by atoms with Gasteiger partial charge in [-0.05, 0) is 43.7 Å². The maximum absolute atomic E-state index is 13.7. The van der Waals surface area contributed by atoms with Crippen LogP contribution in [0.15, 0.2) is 18.2 Å². The van der Waals surface area contributed by atoms with Crippen molar-refractivity contribution in [3.8, 4) is 0 Å². The predicted molar refractivity (Wildman–Crippen MR) is 69.7 cm³/mol. The van der Waals surface area contributed by atoms with Gasteiger partial charge in [-0.2, -0.15) is 0 Å². The highest BCUT2D eigenvalue weighted by atomic mass is 35.5. The van der Waals surface area contributed by atoms with Gasteiger partial charge in [-0.15, -0.1) is 0 Å². The average molecular weight is 256 g/mol. The van der Waals surface area contributed by atoms with Crippen molar-refractivity contribution in [2.24, 2.45) is 11.7 Å². The third kappa shape index (κ3) is 2.80. The van der Waals surface area contributed by atoms with Crippen molar-refractivity contribution >= 4 is 11.6 Å². The molecule has 1 aromatic rings. The second-order valence-electron chi connectivity index (χ2n) is 5.26. The topological polar surface area (TPSA) is 26.0 Å². The Morgan fingerprint density at radius 3 is 2.88 bits per heavy atom. The van der Waals surface area contributed by atoms with Gasteiger partial charge in [-0.1, -0.05) is 31.0 Å². The lowest BCUT2D eigenvalue weighted by Crippen LogP contribution is -2.39. The second kappa shape index (κ2) is 4.95. The normalized spacial score (nSPS) is 28.6. The van der Waals surface area contributed by atoms with E-state index in [9.17, 15) is 4.39 Å². The minimum absolute atomic E-state index is 0.234. The molecule has 1 aliphatic carbocycles. The van der Waals surface area contributed by atoms with Crippen LogP contribution in [0.3, 0.4) is 0 Å². The van der Waals surface area contributed by atoms with E-state index in [2.05, 4.69) is 6.92 Å². The van der Waals surface area contributed by atoms with Crippen LogP contribution in [0, 0.1) is 11.7 Å². The van der Waals surface area contributed by atoms with E-state index < -0.39 is 0 Å². The van der Waals surface area contributed by atoms with Gasteiger partial charge in [-0.3, -0.25) is 0 Å². The summed E-state index contributed by atoms with van der Waals surface area (Å²) in [5.41, 5.74) is 6.68. The second-order valence-corrected chi connectivity index (χ2v) is 5.66. The predicted octanol–water partition coefficient (Wildman–Crippen LogP) is 3.93. The maximum Gasteiger partial charge on any atom is 0.127 e. The summed E-state index contributed by atoms with van der Waals surface area (Å²) < 4.78 is 13.7. The third-order valence-corrected chi connectivity index (χ3v) is 4.27. The molecule has 2 N–H and O–H groups in total. The zero-order valence-electron chi connectivity index (χ0n) is 10.2. The van der Waals surface area contributed by atoms with Crippen LogP contribution in [0.25, 0.3) is 0 Å². The summed E-state index contributed by atoms with van der Waals surface area (Å²) in [7, 11) is 0. The lowest BCUT2D eigenvalue weighted by atomic mass is 9.88. The smallest absolute Gasteiger partial charge is 0.127 e. The molecule has 17 heavy (non-hydrogen) atoms. The molecule has 0 spiro atoms. The Morgan fingerprint density at radius 1 is 1.53 bits per heavy atom. The maximum atomic E-state index is 13.7. The molecular weight excluding hydrogens is 237 g/mol. The molecule has 1 aromatic carbocycles. The van der Waals surface area contributed by atoms with Crippen LogP contribution in [-0.2, 0) is 6.42 Å². The molecule has 0 radical (unpaired) electrons. The van der Waals surface area contributed by atoms with Gasteiger partial charge >= 0.3 is 0 Å². The van der Waals surface area contributed by atoms with Crippen molar-refractivity contribution in [3.05, 3.63) is 34.6 Å². The molecule has 1 fully saturated rings. The molecule has 1 saturated carbocycles. The van der Waals surface area contributed by atoms with Crippen molar-refractivity contribution in [3.63, 3.8) is 0 Å². The quantitative estimate of drug-likeness (QED) is 0.870. The Kier molecular flexibility index (Phi) is 3.74. The molecule has 2 atom stereocenters. The summed E-state index contributed by atoms with van der Waals surface area (Å²) in [6.45, 7) is 2.19. The van der Waals surface area contributed by atoms with Crippen LogP contribution in [0.4, 0.5) is 4.39 Å². The SMILES string of the molecule is CCC1CCC(N)(Cc2c(F)cccc2Cl)C1. The standard InChI is InChI=1S/C14H19ClFN/c1-2-10-6-7-14(17,8-10)9-11-12(15)4-3-5-13(11)16/h3-5,10H,2,6-9,17H2,1H3. The van der Waals surface area contributed by atoms with E-state index in [1.165, 1.54) is 6.07 Å². The first-order valence-corrected chi connectivity index (χ1v) is 6.63.